The van der Waals surface area contributed by atoms with Crippen LogP contribution in [0.5, 0.6) is 0 Å². The molecule has 5 heterocycles. The highest BCUT2D eigenvalue weighted by Crippen LogP contribution is 2.40. The summed E-state index contributed by atoms with van der Waals surface area (Å²) in [4.78, 5) is 33.2. The Labute approximate surface area is 332 Å². The molecule has 8 bridgehead atoms. The third kappa shape index (κ3) is 6.25. The fourth-order valence-corrected chi connectivity index (χ4v) is 9.43. The summed E-state index contributed by atoms with van der Waals surface area (Å²) in [6.07, 6.45) is 0. The SMILES string of the molecule is O=S(=O)(Cl)c1ccc2c(c1)-c1nc-2nc2[nH]c(nc3nc(nc4[nH]c(n1)c1ccc(S(=O)(=O)Cl)cc41)-c1ccc(S(=O)(=O)Cl)cc1-3)c1ccc(S(=O)(=O)Cl)cc21. The van der Waals surface area contributed by atoms with E-state index < -0.39 is 36.2 Å². The van der Waals surface area contributed by atoms with Gasteiger partial charge in [0, 0.05) is 86.5 Å². The number of hydrogen-bond acceptors (Lipinski definition) is 14. The molecule has 0 spiro atoms. The molecule has 9 rings (SSSR count). The molecule has 4 aromatic carbocycles. The molecular weight excluding hydrogens is 894 g/mol. The molecule has 0 radical (unpaired) electrons. The number of fused-ring (bicyclic) bond motifs is 20. The molecule has 0 atom stereocenters. The minimum absolute atomic E-state index is 0.00521. The fourth-order valence-electron chi connectivity index (χ4n) is 6.32. The van der Waals surface area contributed by atoms with E-state index in [4.69, 9.17) is 62.7 Å². The Bertz CT molecular complexity index is 3380. The maximum absolute atomic E-state index is 12.4. The third-order valence-electron chi connectivity index (χ3n) is 8.84. The largest absolute Gasteiger partial charge is 0.324 e. The lowest BCUT2D eigenvalue weighted by molar-refractivity contribution is 0.608. The van der Waals surface area contributed by atoms with Gasteiger partial charge in [-0.2, -0.15) is 0 Å². The Kier molecular flexibility index (Phi) is 8.12. The van der Waals surface area contributed by atoms with Gasteiger partial charge < -0.3 is 9.97 Å². The summed E-state index contributed by atoms with van der Waals surface area (Å²) in [6, 6.07) is 15.8. The third-order valence-corrected chi connectivity index (χ3v) is 14.2. The first-order chi connectivity index (χ1) is 26.2. The second-order valence-corrected chi connectivity index (χ2v) is 22.5. The zero-order valence-electron chi connectivity index (χ0n) is 27.0. The van der Waals surface area contributed by atoms with E-state index in [0.717, 1.165) is 0 Å². The molecular formula is C32H14Cl4N8O8S4. The van der Waals surface area contributed by atoms with Crippen LogP contribution in [0.3, 0.4) is 0 Å². The van der Waals surface area contributed by atoms with Gasteiger partial charge in [-0.25, -0.2) is 63.6 Å². The monoisotopic (exact) mass is 906 g/mol. The summed E-state index contributed by atoms with van der Waals surface area (Å²) in [5.41, 5.74) is 1.26. The van der Waals surface area contributed by atoms with E-state index in [9.17, 15) is 33.7 Å². The lowest BCUT2D eigenvalue weighted by atomic mass is 10.1. The Balaban J connectivity index is 1.50. The number of H-pyrrole nitrogens is 2. The average molecular weight is 909 g/mol. The van der Waals surface area contributed by atoms with Crippen LogP contribution in [-0.2, 0) is 36.2 Å². The van der Waals surface area contributed by atoms with Crippen LogP contribution in [0.2, 0.25) is 0 Å². The number of aromatic amines is 2. The molecule has 0 amide bonds. The summed E-state index contributed by atoms with van der Waals surface area (Å²) in [5.74, 6) is -0.0812. The number of benzene rings is 4. The standard InChI is InChI=1S/C32H14Cl4N8O8S4/c33-53(45,46)13-1-5-17-21(9-13)29-37-25(17)41-30-22-10-14(54(34,47)48)2-6-18(22)27(38-30)43-32-24-12-16(56(36,51)52)4-8-20(24)28(40-32)44-31-23-11-15(55(35,49)50)3-7-19(23)26(39-31)42-29/h1-12H,(H2,37,38,39,40,41,42,43,44). The van der Waals surface area contributed by atoms with Crippen molar-refractivity contribution in [3.63, 3.8) is 0 Å². The average Bonchev–Trinajstić information content (AvgIpc) is 3.84. The predicted octanol–water partition coefficient (Wildman–Crippen LogP) is 6.58. The molecule has 2 N–H and O–H groups in total. The fraction of sp³-hybridized carbons (Fsp3) is 0. The summed E-state index contributed by atoms with van der Waals surface area (Å²) in [5, 5.41) is 1.11. The number of aromatic nitrogens is 8. The van der Waals surface area contributed by atoms with Gasteiger partial charge in [-0.15, -0.1) is 0 Å². The molecule has 2 aliphatic heterocycles. The van der Waals surface area contributed by atoms with Gasteiger partial charge in [0.25, 0.3) is 36.2 Å². The lowest BCUT2D eigenvalue weighted by Crippen LogP contribution is -1.92. The summed E-state index contributed by atoms with van der Waals surface area (Å²) in [7, 11) is 5.91. The Morgan fingerprint density at radius 1 is 0.339 bits per heavy atom. The maximum atomic E-state index is 12.4. The van der Waals surface area contributed by atoms with Crippen molar-refractivity contribution in [3.8, 4) is 45.6 Å². The van der Waals surface area contributed by atoms with Crippen molar-refractivity contribution < 1.29 is 33.7 Å². The molecule has 2 aliphatic rings. The first kappa shape index (κ1) is 36.8. The quantitative estimate of drug-likeness (QED) is 0.177. The molecule has 0 unspecified atom stereocenters. The van der Waals surface area contributed by atoms with Crippen LogP contribution in [0.1, 0.15) is 0 Å². The van der Waals surface area contributed by atoms with E-state index in [1.54, 1.807) is 0 Å². The minimum atomic E-state index is -4.24. The van der Waals surface area contributed by atoms with Crippen molar-refractivity contribution in [2.45, 2.75) is 19.6 Å². The minimum Gasteiger partial charge on any atom is -0.324 e. The topological polar surface area (TPSA) is 245 Å². The maximum Gasteiger partial charge on any atom is 0.261 e. The first-order valence-corrected chi connectivity index (χ1v) is 24.6. The predicted molar refractivity (Wildman–Crippen MR) is 208 cm³/mol. The number of rotatable bonds is 4. The lowest BCUT2D eigenvalue weighted by Gasteiger charge is -2.01. The van der Waals surface area contributed by atoms with Crippen LogP contribution in [-0.4, -0.2) is 73.5 Å². The van der Waals surface area contributed by atoms with Crippen LogP contribution in [0, 0.1) is 0 Å². The van der Waals surface area contributed by atoms with Gasteiger partial charge in [-0.3, -0.25) is 0 Å². The van der Waals surface area contributed by atoms with E-state index in [1.807, 2.05) is 0 Å². The molecule has 7 aromatic rings. The van der Waals surface area contributed by atoms with Gasteiger partial charge in [0.2, 0.25) is 0 Å². The van der Waals surface area contributed by atoms with Crippen LogP contribution < -0.4 is 0 Å². The smallest absolute Gasteiger partial charge is 0.261 e. The number of nitrogens with zero attached hydrogens (tertiary/aromatic N) is 6. The Morgan fingerprint density at radius 3 is 0.964 bits per heavy atom. The van der Waals surface area contributed by atoms with E-state index in [0.29, 0.717) is 21.9 Å². The van der Waals surface area contributed by atoms with Crippen LogP contribution in [0.15, 0.2) is 92.4 Å². The summed E-state index contributed by atoms with van der Waals surface area (Å²) >= 11 is 0. The van der Waals surface area contributed by atoms with Crippen molar-refractivity contribution >= 4 is 123 Å². The zero-order chi connectivity index (χ0) is 39.7. The van der Waals surface area contributed by atoms with Crippen molar-refractivity contribution in [2.75, 3.05) is 0 Å². The van der Waals surface area contributed by atoms with Crippen molar-refractivity contribution in [2.24, 2.45) is 0 Å². The van der Waals surface area contributed by atoms with Gasteiger partial charge >= 0.3 is 0 Å². The normalized spacial score (nSPS) is 13.2. The first-order valence-electron chi connectivity index (χ1n) is 15.4. The van der Waals surface area contributed by atoms with Crippen molar-refractivity contribution in [1.29, 1.82) is 0 Å². The van der Waals surface area contributed by atoms with Crippen molar-refractivity contribution in [1.82, 2.24) is 39.9 Å². The van der Waals surface area contributed by atoms with Gasteiger partial charge in [-0.05, 0) is 72.8 Å². The Morgan fingerprint density at radius 2 is 0.625 bits per heavy atom. The van der Waals surface area contributed by atoms with Gasteiger partial charge in [0.15, 0.2) is 23.3 Å². The van der Waals surface area contributed by atoms with Gasteiger partial charge in [-0.1, -0.05) is 0 Å². The van der Waals surface area contributed by atoms with Crippen molar-refractivity contribution in [3.05, 3.63) is 72.8 Å². The molecule has 0 saturated carbocycles. The summed E-state index contributed by atoms with van der Waals surface area (Å²) in [6.45, 7) is 0. The van der Waals surface area contributed by atoms with Crippen LogP contribution in [0.25, 0.3) is 89.7 Å². The highest BCUT2D eigenvalue weighted by molar-refractivity contribution is 8.14. The molecule has 0 aliphatic carbocycles. The Hall–Kier alpha value is -4.80. The number of hydrogen-bond donors (Lipinski definition) is 2. The molecule has 56 heavy (non-hydrogen) atoms. The molecule has 0 saturated heterocycles. The molecule has 0 fully saturated rings. The number of nitrogens with one attached hydrogen (secondary N) is 2. The number of halogens is 4. The van der Waals surface area contributed by atoms with Crippen LogP contribution in [0.4, 0.5) is 0 Å². The molecule has 16 nitrogen and oxygen atoms in total. The van der Waals surface area contributed by atoms with E-state index >= 15 is 0 Å². The second-order valence-electron chi connectivity index (χ2n) is 12.2. The highest BCUT2D eigenvalue weighted by atomic mass is 35.7. The summed E-state index contributed by atoms with van der Waals surface area (Å²) < 4.78 is 99.3. The van der Waals surface area contributed by atoms with Gasteiger partial charge in [0.05, 0.1) is 19.6 Å². The molecule has 3 aromatic heterocycles. The zero-order valence-corrected chi connectivity index (χ0v) is 33.3. The molecule has 282 valence electrons. The van der Waals surface area contributed by atoms with E-state index in [-0.39, 0.29) is 87.4 Å². The second kappa shape index (κ2) is 12.3. The van der Waals surface area contributed by atoms with E-state index in [1.165, 1.54) is 72.8 Å². The van der Waals surface area contributed by atoms with E-state index in [2.05, 4.69) is 19.9 Å². The van der Waals surface area contributed by atoms with Gasteiger partial charge in [0.1, 0.15) is 22.6 Å². The van der Waals surface area contributed by atoms with Crippen LogP contribution >= 0.6 is 42.7 Å². The highest BCUT2D eigenvalue weighted by Gasteiger charge is 2.26. The molecule has 24 heteroatoms.